The zero-order chi connectivity index (χ0) is 8.97. The van der Waals surface area contributed by atoms with Crippen molar-refractivity contribution in [3.8, 4) is 0 Å². The molecule has 0 aliphatic heterocycles. The van der Waals surface area contributed by atoms with Gasteiger partial charge in [0.2, 0.25) is 5.12 Å². The molecule has 0 heterocycles. The topological polar surface area (TPSA) is 17.1 Å². The quantitative estimate of drug-likeness (QED) is 0.563. The number of carbonyl (C=O) groups is 1. The summed E-state index contributed by atoms with van der Waals surface area (Å²) in [5, 5.41) is -0.246. The molecule has 0 bridgehead atoms. The standard InChI is InChI=1S/C8H6Cl2OS/c9-7(10)8(11)12-6-4-2-1-3-5-6/h1-5,7H. The number of alkyl halides is 2. The lowest BCUT2D eigenvalue weighted by atomic mass is 10.4. The Hall–Kier alpha value is -0.180. The average molecular weight is 221 g/mol. The molecule has 12 heavy (non-hydrogen) atoms. The Labute approximate surface area is 85.1 Å². The molecule has 0 amide bonds. The van der Waals surface area contributed by atoms with Crippen LogP contribution in [0.5, 0.6) is 0 Å². The smallest absolute Gasteiger partial charge is 0.226 e. The van der Waals surface area contributed by atoms with E-state index in [1.165, 1.54) is 0 Å². The third-order valence-electron chi connectivity index (χ3n) is 1.14. The highest BCUT2D eigenvalue weighted by molar-refractivity contribution is 8.14. The van der Waals surface area contributed by atoms with Crippen molar-refractivity contribution in [2.45, 2.75) is 9.73 Å². The van der Waals surface area contributed by atoms with Gasteiger partial charge in [-0.2, -0.15) is 0 Å². The minimum Gasteiger partial charge on any atom is -0.284 e. The first kappa shape index (κ1) is 9.90. The molecule has 0 fully saturated rings. The number of rotatable bonds is 2. The van der Waals surface area contributed by atoms with Crippen LogP contribution < -0.4 is 0 Å². The van der Waals surface area contributed by atoms with Crippen LogP contribution in [0.4, 0.5) is 0 Å². The second-order valence-electron chi connectivity index (χ2n) is 2.03. The fourth-order valence-electron chi connectivity index (χ4n) is 0.649. The zero-order valence-electron chi connectivity index (χ0n) is 6.04. The van der Waals surface area contributed by atoms with Gasteiger partial charge in [-0.15, -0.1) is 0 Å². The van der Waals surface area contributed by atoms with Gasteiger partial charge in [0.05, 0.1) is 0 Å². The van der Waals surface area contributed by atoms with Crippen LogP contribution in [0, 0.1) is 0 Å². The number of halogens is 2. The van der Waals surface area contributed by atoms with Gasteiger partial charge < -0.3 is 0 Å². The summed E-state index contributed by atoms with van der Waals surface area (Å²) in [4.78, 5) is 10.9. The average Bonchev–Trinajstić information content (AvgIpc) is 2.06. The molecule has 0 atom stereocenters. The summed E-state index contributed by atoms with van der Waals surface area (Å²) in [6.07, 6.45) is 0. The molecule has 0 aliphatic rings. The van der Waals surface area contributed by atoms with Crippen LogP contribution in [-0.4, -0.2) is 9.95 Å². The highest BCUT2D eigenvalue weighted by Crippen LogP contribution is 2.22. The summed E-state index contributed by atoms with van der Waals surface area (Å²) >= 11 is 11.8. The fraction of sp³-hybridized carbons (Fsp3) is 0.125. The van der Waals surface area contributed by atoms with E-state index in [0.717, 1.165) is 16.7 Å². The van der Waals surface area contributed by atoms with Gasteiger partial charge in [-0.05, 0) is 23.9 Å². The highest BCUT2D eigenvalue weighted by Gasteiger charge is 2.12. The molecule has 1 rings (SSSR count). The van der Waals surface area contributed by atoms with Gasteiger partial charge in [0.15, 0.2) is 4.84 Å². The van der Waals surface area contributed by atoms with Crippen LogP contribution in [0.3, 0.4) is 0 Å². The minimum atomic E-state index is -0.949. The van der Waals surface area contributed by atoms with Crippen molar-refractivity contribution in [1.82, 2.24) is 0 Å². The minimum absolute atomic E-state index is 0.246. The van der Waals surface area contributed by atoms with Crippen LogP contribution in [0.15, 0.2) is 35.2 Å². The van der Waals surface area contributed by atoms with Gasteiger partial charge in [0.1, 0.15) is 0 Å². The zero-order valence-corrected chi connectivity index (χ0v) is 8.36. The van der Waals surface area contributed by atoms with Crippen LogP contribution in [-0.2, 0) is 4.79 Å². The third-order valence-corrected chi connectivity index (χ3v) is 2.74. The molecule has 0 aromatic heterocycles. The predicted octanol–water partition coefficient (Wildman–Crippen LogP) is 3.11. The lowest BCUT2D eigenvalue weighted by Gasteiger charge is -1.99. The Morgan fingerprint density at radius 3 is 2.33 bits per heavy atom. The van der Waals surface area contributed by atoms with Gasteiger partial charge in [-0.3, -0.25) is 4.79 Å². The Kier molecular flexibility index (Phi) is 3.92. The summed E-state index contributed by atoms with van der Waals surface area (Å²) in [7, 11) is 0. The number of benzene rings is 1. The number of hydrogen-bond donors (Lipinski definition) is 0. The molecule has 0 unspecified atom stereocenters. The molecule has 0 radical (unpaired) electrons. The summed E-state index contributed by atoms with van der Waals surface area (Å²) in [6, 6.07) is 9.25. The molecule has 0 saturated carbocycles. The molecule has 64 valence electrons. The van der Waals surface area contributed by atoms with Crippen molar-refractivity contribution in [3.63, 3.8) is 0 Å². The van der Waals surface area contributed by atoms with Crippen molar-refractivity contribution in [2.24, 2.45) is 0 Å². The number of thioether (sulfide) groups is 1. The summed E-state index contributed by atoms with van der Waals surface area (Å²) in [5.41, 5.74) is 0. The van der Waals surface area contributed by atoms with Gasteiger partial charge in [0, 0.05) is 4.90 Å². The summed E-state index contributed by atoms with van der Waals surface area (Å²) in [5.74, 6) is 0. The fourth-order valence-corrected chi connectivity index (χ4v) is 1.53. The molecule has 0 aliphatic carbocycles. The van der Waals surface area contributed by atoms with Crippen molar-refractivity contribution in [1.29, 1.82) is 0 Å². The molecule has 0 N–H and O–H groups in total. The van der Waals surface area contributed by atoms with Crippen molar-refractivity contribution >= 4 is 40.1 Å². The first-order valence-corrected chi connectivity index (χ1v) is 4.94. The summed E-state index contributed by atoms with van der Waals surface area (Å²) < 4.78 is 0. The van der Waals surface area contributed by atoms with E-state index in [1.54, 1.807) is 0 Å². The number of carbonyl (C=O) groups excluding carboxylic acids is 1. The first-order valence-electron chi connectivity index (χ1n) is 3.25. The van der Waals surface area contributed by atoms with Crippen LogP contribution in [0.1, 0.15) is 0 Å². The van der Waals surface area contributed by atoms with Gasteiger partial charge in [0.25, 0.3) is 0 Å². The van der Waals surface area contributed by atoms with E-state index in [0.29, 0.717) is 0 Å². The maximum Gasteiger partial charge on any atom is 0.226 e. The van der Waals surface area contributed by atoms with Crippen LogP contribution >= 0.6 is 35.0 Å². The Bertz CT molecular complexity index is 261. The van der Waals surface area contributed by atoms with Gasteiger partial charge in [-0.25, -0.2) is 0 Å². The Balaban J connectivity index is 2.59. The molecule has 0 spiro atoms. The largest absolute Gasteiger partial charge is 0.284 e. The Morgan fingerprint density at radius 2 is 1.83 bits per heavy atom. The van der Waals surface area contributed by atoms with Crippen molar-refractivity contribution in [3.05, 3.63) is 30.3 Å². The third kappa shape index (κ3) is 3.05. The Morgan fingerprint density at radius 1 is 1.25 bits per heavy atom. The normalized spacial score (nSPS) is 10.2. The molecular formula is C8H6Cl2OS. The molecular weight excluding hydrogens is 215 g/mol. The van der Waals surface area contributed by atoms with E-state index in [2.05, 4.69) is 0 Å². The molecule has 1 aromatic carbocycles. The summed E-state index contributed by atoms with van der Waals surface area (Å²) in [6.45, 7) is 0. The molecule has 1 aromatic rings. The highest BCUT2D eigenvalue weighted by atomic mass is 35.5. The van der Waals surface area contributed by atoms with Crippen molar-refractivity contribution in [2.75, 3.05) is 0 Å². The number of hydrogen-bond acceptors (Lipinski definition) is 2. The SMILES string of the molecule is O=C(Sc1ccccc1)C(Cl)Cl. The van der Waals surface area contributed by atoms with E-state index >= 15 is 0 Å². The van der Waals surface area contributed by atoms with E-state index in [9.17, 15) is 4.79 Å². The first-order chi connectivity index (χ1) is 5.70. The monoisotopic (exact) mass is 220 g/mol. The van der Waals surface area contributed by atoms with Crippen LogP contribution in [0.25, 0.3) is 0 Å². The van der Waals surface area contributed by atoms with Gasteiger partial charge >= 0.3 is 0 Å². The maximum absolute atomic E-state index is 11.0. The van der Waals surface area contributed by atoms with E-state index < -0.39 is 4.84 Å². The van der Waals surface area contributed by atoms with Gasteiger partial charge in [-0.1, -0.05) is 41.4 Å². The lowest BCUT2D eigenvalue weighted by Crippen LogP contribution is -2.00. The molecule has 1 nitrogen and oxygen atoms in total. The van der Waals surface area contributed by atoms with E-state index in [4.69, 9.17) is 23.2 Å². The van der Waals surface area contributed by atoms with E-state index in [1.807, 2.05) is 30.3 Å². The van der Waals surface area contributed by atoms with Crippen molar-refractivity contribution < 1.29 is 4.79 Å². The molecule has 0 saturated heterocycles. The molecule has 4 heteroatoms. The lowest BCUT2D eigenvalue weighted by molar-refractivity contribution is -0.109. The van der Waals surface area contributed by atoms with E-state index in [-0.39, 0.29) is 5.12 Å². The van der Waals surface area contributed by atoms with Crippen LogP contribution in [0.2, 0.25) is 0 Å². The predicted molar refractivity (Wildman–Crippen MR) is 52.8 cm³/mol. The second kappa shape index (κ2) is 4.75. The maximum atomic E-state index is 11.0. The second-order valence-corrected chi connectivity index (χ2v) is 4.21.